The summed E-state index contributed by atoms with van der Waals surface area (Å²) in [6.07, 6.45) is 0.426. The molecule has 1 aromatic rings. The number of nitrogens with zero attached hydrogens (tertiary/aromatic N) is 3. The van der Waals surface area contributed by atoms with Crippen molar-refractivity contribution in [3.8, 4) is 11.8 Å². The summed E-state index contributed by atoms with van der Waals surface area (Å²) in [7, 11) is 0. The molecule has 1 aromatic carbocycles. The summed E-state index contributed by atoms with van der Waals surface area (Å²) >= 11 is 5.71. The Hall–Kier alpha value is -2.15. The summed E-state index contributed by atoms with van der Waals surface area (Å²) in [4.78, 5) is 13.4. The van der Waals surface area contributed by atoms with Gasteiger partial charge in [0.15, 0.2) is 0 Å². The molecule has 6 heteroatoms. The first-order valence-electron chi connectivity index (χ1n) is 4.67. The predicted molar refractivity (Wildman–Crippen MR) is 63.9 cm³/mol. The third kappa shape index (κ3) is 4.07. The topological polar surface area (TPSA) is 86.1 Å². The average molecular weight is 250 g/mol. The van der Waals surface area contributed by atoms with E-state index in [4.69, 9.17) is 22.2 Å². The van der Waals surface area contributed by atoms with Gasteiger partial charge in [-0.3, -0.25) is 0 Å². The molecule has 0 spiro atoms. The molecule has 0 fully saturated rings. The zero-order valence-electron chi connectivity index (χ0n) is 8.72. The molecule has 1 rings (SSSR count). The highest BCUT2D eigenvalue weighted by Crippen LogP contribution is 2.17. The van der Waals surface area contributed by atoms with E-state index in [2.05, 4.69) is 21.9 Å². The zero-order chi connectivity index (χ0) is 12.7. The van der Waals surface area contributed by atoms with Gasteiger partial charge >= 0.3 is 5.97 Å². The number of halogens is 1. The van der Waals surface area contributed by atoms with Crippen molar-refractivity contribution in [2.45, 2.75) is 6.42 Å². The van der Waals surface area contributed by atoms with Gasteiger partial charge in [0.05, 0.1) is 10.6 Å². The van der Waals surface area contributed by atoms with Gasteiger partial charge in [-0.1, -0.05) is 28.6 Å². The highest BCUT2D eigenvalue weighted by atomic mass is 35.5. The molecule has 17 heavy (non-hydrogen) atoms. The monoisotopic (exact) mass is 249 g/mol. The summed E-state index contributed by atoms with van der Waals surface area (Å²) in [5.41, 5.74) is 8.63. The molecule has 0 amide bonds. The second kappa shape index (κ2) is 6.44. The number of hydrogen-bond donors (Lipinski definition) is 1. The number of benzene rings is 1. The molecule has 0 saturated carbocycles. The Bertz CT molecular complexity index is 539. The Morgan fingerprint density at radius 1 is 1.59 bits per heavy atom. The largest absolute Gasteiger partial charge is 0.478 e. The molecule has 0 aliphatic carbocycles. The van der Waals surface area contributed by atoms with Gasteiger partial charge in [0.1, 0.15) is 0 Å². The van der Waals surface area contributed by atoms with Crippen LogP contribution in [0.4, 0.5) is 0 Å². The fraction of sp³-hybridized carbons (Fsp3) is 0.182. The molecular weight excluding hydrogens is 242 g/mol. The van der Waals surface area contributed by atoms with Gasteiger partial charge in [-0.2, -0.15) is 0 Å². The molecule has 0 heterocycles. The van der Waals surface area contributed by atoms with Crippen LogP contribution in [0, 0.1) is 11.8 Å². The Labute approximate surface area is 103 Å². The normalized spacial score (nSPS) is 8.76. The number of carboxylic acid groups (broad SMARTS) is 1. The first-order chi connectivity index (χ1) is 8.15. The van der Waals surface area contributed by atoms with Crippen LogP contribution in [-0.2, 0) is 0 Å². The molecule has 0 saturated heterocycles. The van der Waals surface area contributed by atoms with Crippen molar-refractivity contribution in [3.05, 3.63) is 44.8 Å². The number of aromatic carboxylic acids is 1. The van der Waals surface area contributed by atoms with Crippen LogP contribution in [-0.4, -0.2) is 17.6 Å². The van der Waals surface area contributed by atoms with E-state index in [-0.39, 0.29) is 10.6 Å². The van der Waals surface area contributed by atoms with Crippen LogP contribution in [0.15, 0.2) is 23.3 Å². The number of carbonyl (C=O) groups is 1. The van der Waals surface area contributed by atoms with Gasteiger partial charge in [0.25, 0.3) is 0 Å². The van der Waals surface area contributed by atoms with Crippen LogP contribution in [0.1, 0.15) is 22.3 Å². The lowest BCUT2D eigenvalue weighted by Crippen LogP contribution is -1.97. The van der Waals surface area contributed by atoms with Crippen LogP contribution in [0.3, 0.4) is 0 Å². The first kappa shape index (κ1) is 12.9. The molecule has 0 radical (unpaired) electrons. The van der Waals surface area contributed by atoms with Crippen LogP contribution < -0.4 is 0 Å². The minimum atomic E-state index is -1.09. The third-order valence-corrected chi connectivity index (χ3v) is 2.16. The average Bonchev–Trinajstić information content (AvgIpc) is 2.30. The predicted octanol–water partition coefficient (Wildman–Crippen LogP) is 3.09. The SMILES string of the molecule is [N-]=[N+]=NCCC#Cc1ccc(Cl)c(C(=O)O)c1. The van der Waals surface area contributed by atoms with Gasteiger partial charge in [0.2, 0.25) is 0 Å². The molecule has 0 atom stereocenters. The van der Waals surface area contributed by atoms with Crippen molar-refractivity contribution in [1.29, 1.82) is 0 Å². The molecule has 0 unspecified atom stereocenters. The van der Waals surface area contributed by atoms with Crippen molar-refractivity contribution in [1.82, 2.24) is 0 Å². The smallest absolute Gasteiger partial charge is 0.337 e. The molecular formula is C11H8ClN3O2. The maximum Gasteiger partial charge on any atom is 0.337 e. The van der Waals surface area contributed by atoms with Crippen LogP contribution in [0.5, 0.6) is 0 Å². The summed E-state index contributed by atoms with van der Waals surface area (Å²) in [6, 6.07) is 4.53. The van der Waals surface area contributed by atoms with E-state index in [1.54, 1.807) is 6.07 Å². The van der Waals surface area contributed by atoms with Crippen molar-refractivity contribution in [2.24, 2.45) is 5.11 Å². The van der Waals surface area contributed by atoms with Gasteiger partial charge < -0.3 is 5.11 Å². The fourth-order valence-corrected chi connectivity index (χ4v) is 1.28. The third-order valence-electron chi connectivity index (χ3n) is 1.83. The highest BCUT2D eigenvalue weighted by molar-refractivity contribution is 6.33. The van der Waals surface area contributed by atoms with Crippen LogP contribution in [0.25, 0.3) is 10.4 Å². The quantitative estimate of drug-likeness (QED) is 0.293. The van der Waals surface area contributed by atoms with Crippen LogP contribution >= 0.6 is 11.6 Å². The standard InChI is InChI=1S/C11H8ClN3O2/c12-10-5-4-8(7-9(10)11(16)17)3-1-2-6-14-15-13/h4-5,7H,2,6H2,(H,16,17). The van der Waals surface area contributed by atoms with E-state index < -0.39 is 5.97 Å². The Balaban J connectivity index is 2.82. The van der Waals surface area contributed by atoms with E-state index in [1.807, 2.05) is 0 Å². The van der Waals surface area contributed by atoms with E-state index in [0.29, 0.717) is 18.5 Å². The molecule has 0 aromatic heterocycles. The molecule has 0 aliphatic heterocycles. The summed E-state index contributed by atoms with van der Waals surface area (Å²) in [5, 5.41) is 12.3. The highest BCUT2D eigenvalue weighted by Gasteiger charge is 2.08. The maximum absolute atomic E-state index is 10.8. The molecule has 0 aliphatic rings. The molecule has 86 valence electrons. The first-order valence-corrected chi connectivity index (χ1v) is 5.05. The molecule has 0 bridgehead atoms. The van der Waals surface area contributed by atoms with E-state index in [1.165, 1.54) is 12.1 Å². The number of rotatable bonds is 3. The van der Waals surface area contributed by atoms with Crippen molar-refractivity contribution in [3.63, 3.8) is 0 Å². The minimum Gasteiger partial charge on any atom is -0.478 e. The van der Waals surface area contributed by atoms with Crippen molar-refractivity contribution in [2.75, 3.05) is 6.54 Å². The Morgan fingerprint density at radius 3 is 3.00 bits per heavy atom. The fourth-order valence-electron chi connectivity index (χ4n) is 1.08. The van der Waals surface area contributed by atoms with Gasteiger partial charge in [-0.25, -0.2) is 4.79 Å². The van der Waals surface area contributed by atoms with Crippen molar-refractivity contribution >= 4 is 17.6 Å². The van der Waals surface area contributed by atoms with Gasteiger partial charge in [0, 0.05) is 23.4 Å². The van der Waals surface area contributed by atoms with Crippen LogP contribution in [0.2, 0.25) is 5.02 Å². The second-order valence-corrected chi connectivity index (χ2v) is 3.41. The number of hydrogen-bond acceptors (Lipinski definition) is 2. The van der Waals surface area contributed by atoms with Crippen molar-refractivity contribution < 1.29 is 9.90 Å². The summed E-state index contributed by atoms with van der Waals surface area (Å²) in [5.74, 6) is 4.45. The Morgan fingerprint density at radius 2 is 2.35 bits per heavy atom. The van der Waals surface area contributed by atoms with Gasteiger partial charge in [-0.05, 0) is 23.7 Å². The maximum atomic E-state index is 10.8. The zero-order valence-corrected chi connectivity index (χ0v) is 9.48. The van der Waals surface area contributed by atoms with Gasteiger partial charge in [-0.15, -0.1) is 0 Å². The number of carboxylic acids is 1. The second-order valence-electron chi connectivity index (χ2n) is 3.01. The number of azide groups is 1. The summed E-state index contributed by atoms with van der Waals surface area (Å²) in [6.45, 7) is 0.295. The molecule has 1 N–H and O–H groups in total. The lowest BCUT2D eigenvalue weighted by atomic mass is 10.1. The van der Waals surface area contributed by atoms with E-state index in [9.17, 15) is 4.79 Å². The molecule has 5 nitrogen and oxygen atoms in total. The van der Waals surface area contributed by atoms with E-state index in [0.717, 1.165) is 0 Å². The Kier molecular flexibility index (Phi) is 4.89. The summed E-state index contributed by atoms with van der Waals surface area (Å²) < 4.78 is 0. The lowest BCUT2D eigenvalue weighted by molar-refractivity contribution is 0.0697. The van der Waals surface area contributed by atoms with E-state index >= 15 is 0 Å². The minimum absolute atomic E-state index is 0.0218. The lowest BCUT2D eigenvalue weighted by Gasteiger charge is -1.98.